The minimum atomic E-state index is 0.289. The van der Waals surface area contributed by atoms with Gasteiger partial charge < -0.3 is 14.9 Å². The van der Waals surface area contributed by atoms with Crippen LogP contribution in [0.4, 0.5) is 0 Å². The number of ether oxygens (including phenoxy) is 1. The Morgan fingerprint density at radius 3 is 2.68 bits per heavy atom. The second-order valence-corrected chi connectivity index (χ2v) is 4.01. The fourth-order valence-electron chi connectivity index (χ4n) is 1.91. The number of furan rings is 1. The van der Waals surface area contributed by atoms with E-state index in [0.717, 1.165) is 11.0 Å². The molecule has 1 aromatic carbocycles. The minimum Gasteiger partial charge on any atom is -0.481 e. The minimum absolute atomic E-state index is 0.289. The highest BCUT2D eigenvalue weighted by Gasteiger charge is 2.14. The summed E-state index contributed by atoms with van der Waals surface area (Å²) in [5, 5.41) is 0.916. The van der Waals surface area contributed by atoms with Crippen LogP contribution in [-0.4, -0.2) is 9.97 Å². The molecule has 5 nitrogen and oxygen atoms in total. The van der Waals surface area contributed by atoms with Gasteiger partial charge in [-0.1, -0.05) is 12.1 Å². The fraction of sp³-hybridized carbons (Fsp3) is 0.143. The Morgan fingerprint density at radius 1 is 1.11 bits per heavy atom. The molecule has 2 aromatic heterocycles. The highest BCUT2D eigenvalue weighted by atomic mass is 16.5. The first-order valence-corrected chi connectivity index (χ1v) is 5.97. The van der Waals surface area contributed by atoms with Crippen molar-refractivity contribution in [3.05, 3.63) is 54.3 Å². The zero-order valence-corrected chi connectivity index (χ0v) is 10.2. The molecule has 0 amide bonds. The zero-order valence-electron chi connectivity index (χ0n) is 10.2. The zero-order chi connectivity index (χ0) is 13.1. The molecule has 5 heteroatoms. The Morgan fingerprint density at radius 2 is 1.89 bits per heavy atom. The molecule has 0 aliphatic rings. The molecule has 0 spiro atoms. The van der Waals surface area contributed by atoms with Gasteiger partial charge in [0.2, 0.25) is 0 Å². The maximum Gasteiger partial charge on any atom is 0.170 e. The predicted octanol–water partition coefficient (Wildman–Crippen LogP) is 2.26. The van der Waals surface area contributed by atoms with Gasteiger partial charge in [0.05, 0.1) is 11.9 Å². The first-order chi connectivity index (χ1) is 9.38. The van der Waals surface area contributed by atoms with Crippen LogP contribution in [0.5, 0.6) is 5.75 Å². The fourth-order valence-corrected chi connectivity index (χ4v) is 1.91. The Kier molecular flexibility index (Phi) is 3.12. The summed E-state index contributed by atoms with van der Waals surface area (Å²) in [7, 11) is 0. The van der Waals surface area contributed by atoms with E-state index >= 15 is 0 Å². The van der Waals surface area contributed by atoms with Gasteiger partial charge in [-0.2, -0.15) is 0 Å². The summed E-state index contributed by atoms with van der Waals surface area (Å²) in [5.74, 6) is 1.93. The van der Waals surface area contributed by atoms with Crippen molar-refractivity contribution >= 4 is 11.0 Å². The molecule has 3 aromatic rings. The Hall–Kier alpha value is -2.40. The van der Waals surface area contributed by atoms with E-state index in [4.69, 9.17) is 14.9 Å². The van der Waals surface area contributed by atoms with Gasteiger partial charge in [-0.25, -0.2) is 9.97 Å². The third-order valence-corrected chi connectivity index (χ3v) is 2.77. The van der Waals surface area contributed by atoms with Gasteiger partial charge in [0.1, 0.15) is 12.2 Å². The molecular weight excluding hydrogens is 242 g/mol. The lowest BCUT2D eigenvalue weighted by Gasteiger charge is -2.04. The van der Waals surface area contributed by atoms with Crippen molar-refractivity contribution < 1.29 is 9.15 Å². The van der Waals surface area contributed by atoms with E-state index in [1.54, 1.807) is 18.5 Å². The molecule has 2 heterocycles. The largest absolute Gasteiger partial charge is 0.481 e. The van der Waals surface area contributed by atoms with Crippen LogP contribution in [0, 0.1) is 0 Å². The van der Waals surface area contributed by atoms with E-state index in [1.807, 2.05) is 24.3 Å². The van der Waals surface area contributed by atoms with Crippen LogP contribution < -0.4 is 10.5 Å². The smallest absolute Gasteiger partial charge is 0.170 e. The summed E-state index contributed by atoms with van der Waals surface area (Å²) >= 11 is 0. The molecule has 19 heavy (non-hydrogen) atoms. The summed E-state index contributed by atoms with van der Waals surface area (Å²) in [5.41, 5.74) is 6.45. The Bertz CT molecular complexity index is 679. The van der Waals surface area contributed by atoms with Crippen LogP contribution >= 0.6 is 0 Å². The van der Waals surface area contributed by atoms with Crippen molar-refractivity contribution in [1.82, 2.24) is 9.97 Å². The summed E-state index contributed by atoms with van der Waals surface area (Å²) < 4.78 is 11.4. The van der Waals surface area contributed by atoms with Gasteiger partial charge >= 0.3 is 0 Å². The lowest BCUT2D eigenvalue weighted by molar-refractivity contribution is 0.289. The van der Waals surface area contributed by atoms with E-state index in [9.17, 15) is 0 Å². The number of nitrogens with two attached hydrogens (primary N) is 1. The standard InChI is InChI=1S/C14H13N3O2/c15-8-12-14(10-4-1-2-5-11(10)19-12)18-9-13-16-6-3-7-17-13/h1-7H,8-9,15H2. The van der Waals surface area contributed by atoms with E-state index in [1.165, 1.54) is 0 Å². The van der Waals surface area contributed by atoms with Crippen molar-refractivity contribution in [3.63, 3.8) is 0 Å². The lowest BCUT2D eigenvalue weighted by Crippen LogP contribution is -2.03. The quantitative estimate of drug-likeness (QED) is 0.774. The van der Waals surface area contributed by atoms with Crippen molar-refractivity contribution in [1.29, 1.82) is 0 Å². The van der Waals surface area contributed by atoms with Crippen LogP contribution in [0.25, 0.3) is 11.0 Å². The van der Waals surface area contributed by atoms with Crippen LogP contribution in [0.3, 0.4) is 0 Å². The number of aromatic nitrogens is 2. The number of benzene rings is 1. The van der Waals surface area contributed by atoms with Crippen molar-refractivity contribution in [2.45, 2.75) is 13.2 Å². The van der Waals surface area contributed by atoms with Crippen molar-refractivity contribution in [2.75, 3.05) is 0 Å². The molecule has 0 aliphatic heterocycles. The van der Waals surface area contributed by atoms with Gasteiger partial charge in [0.25, 0.3) is 0 Å². The van der Waals surface area contributed by atoms with Crippen LogP contribution in [-0.2, 0) is 13.2 Å². The normalized spacial score (nSPS) is 10.8. The summed E-state index contributed by atoms with van der Waals surface area (Å²) in [6.45, 7) is 0.580. The lowest BCUT2D eigenvalue weighted by atomic mass is 10.2. The molecule has 96 valence electrons. The third-order valence-electron chi connectivity index (χ3n) is 2.77. The molecule has 0 radical (unpaired) electrons. The van der Waals surface area contributed by atoms with Crippen LogP contribution in [0.2, 0.25) is 0 Å². The number of hydrogen-bond acceptors (Lipinski definition) is 5. The highest BCUT2D eigenvalue weighted by molar-refractivity contribution is 5.85. The molecule has 0 saturated carbocycles. The van der Waals surface area contributed by atoms with Crippen LogP contribution in [0.15, 0.2) is 47.1 Å². The first-order valence-electron chi connectivity index (χ1n) is 5.97. The monoisotopic (exact) mass is 255 g/mol. The average Bonchev–Trinajstić information content (AvgIpc) is 2.84. The average molecular weight is 255 g/mol. The van der Waals surface area contributed by atoms with Gasteiger partial charge in [-0.05, 0) is 18.2 Å². The summed E-state index contributed by atoms with van der Waals surface area (Å²) in [6, 6.07) is 9.45. The molecule has 0 atom stereocenters. The maximum absolute atomic E-state index is 5.77. The van der Waals surface area contributed by atoms with E-state index in [2.05, 4.69) is 9.97 Å². The maximum atomic E-state index is 5.77. The molecule has 0 aliphatic carbocycles. The highest BCUT2D eigenvalue weighted by Crippen LogP contribution is 2.33. The van der Waals surface area contributed by atoms with E-state index in [0.29, 0.717) is 23.9 Å². The molecular formula is C14H13N3O2. The Labute approximate surface area is 110 Å². The van der Waals surface area contributed by atoms with E-state index < -0.39 is 0 Å². The van der Waals surface area contributed by atoms with Crippen LogP contribution in [0.1, 0.15) is 11.6 Å². The molecule has 0 unspecified atom stereocenters. The number of nitrogens with zero attached hydrogens (tertiary/aromatic N) is 2. The van der Waals surface area contributed by atoms with Gasteiger partial charge in [-0.15, -0.1) is 0 Å². The topological polar surface area (TPSA) is 74.2 Å². The number of fused-ring (bicyclic) bond motifs is 1. The molecule has 3 rings (SSSR count). The number of hydrogen-bond donors (Lipinski definition) is 1. The second kappa shape index (κ2) is 5.07. The van der Waals surface area contributed by atoms with E-state index in [-0.39, 0.29) is 6.61 Å². The first kappa shape index (κ1) is 11.7. The molecule has 2 N–H and O–H groups in total. The Balaban J connectivity index is 1.91. The number of rotatable bonds is 4. The number of para-hydroxylation sites is 1. The summed E-state index contributed by atoms with van der Waals surface area (Å²) in [4.78, 5) is 8.23. The third kappa shape index (κ3) is 2.28. The van der Waals surface area contributed by atoms with Gasteiger partial charge in [0, 0.05) is 12.4 Å². The molecule has 0 saturated heterocycles. The van der Waals surface area contributed by atoms with Gasteiger partial charge in [-0.3, -0.25) is 0 Å². The second-order valence-electron chi connectivity index (χ2n) is 4.01. The molecule has 0 fully saturated rings. The van der Waals surface area contributed by atoms with Crippen molar-refractivity contribution in [2.24, 2.45) is 5.73 Å². The van der Waals surface area contributed by atoms with Crippen molar-refractivity contribution in [3.8, 4) is 5.75 Å². The predicted molar refractivity (Wildman–Crippen MR) is 70.5 cm³/mol. The molecule has 0 bridgehead atoms. The summed E-state index contributed by atoms with van der Waals surface area (Å²) in [6.07, 6.45) is 3.37. The van der Waals surface area contributed by atoms with Gasteiger partial charge in [0.15, 0.2) is 17.3 Å². The SMILES string of the molecule is NCc1oc2ccccc2c1OCc1ncccn1.